The molecule has 0 aliphatic rings. The van der Waals surface area contributed by atoms with Crippen molar-refractivity contribution in [2.24, 2.45) is 0 Å². The molecule has 2 heterocycles. The predicted molar refractivity (Wildman–Crippen MR) is 65.4 cm³/mol. The first-order chi connectivity index (χ1) is 10.0. The molecule has 0 atom stereocenters. The summed E-state index contributed by atoms with van der Waals surface area (Å²) < 4.78 is 0. The average Bonchev–Trinajstić information content (AvgIpc) is 2.51. The van der Waals surface area contributed by atoms with Gasteiger partial charge in [-0.3, -0.25) is 9.97 Å². The molecular formula is C13H14N4O4. The van der Waals surface area contributed by atoms with Crippen LogP contribution in [-0.2, 0) is 9.59 Å². The molecular weight excluding hydrogens is 276 g/mol. The van der Waals surface area contributed by atoms with Crippen molar-refractivity contribution < 1.29 is 29.8 Å². The van der Waals surface area contributed by atoms with Crippen LogP contribution >= 0.6 is 0 Å². The van der Waals surface area contributed by atoms with Crippen molar-refractivity contribution in [3.8, 4) is 0 Å². The van der Waals surface area contributed by atoms with Crippen LogP contribution in [0, 0.1) is 0 Å². The van der Waals surface area contributed by atoms with E-state index in [-0.39, 0.29) is 0 Å². The summed E-state index contributed by atoms with van der Waals surface area (Å²) in [5.74, 6) is -3.02. The Morgan fingerprint density at radius 1 is 0.905 bits per heavy atom. The van der Waals surface area contributed by atoms with Crippen LogP contribution < -0.4 is 20.2 Å². The third kappa shape index (κ3) is 13.1. The second kappa shape index (κ2) is 11.9. The minimum atomic E-state index is -1.56. The van der Waals surface area contributed by atoms with E-state index in [1.807, 2.05) is 0 Å². The molecule has 0 fully saturated rings. The van der Waals surface area contributed by atoms with E-state index in [2.05, 4.69) is 26.5 Å². The van der Waals surface area contributed by atoms with Crippen LogP contribution in [0.2, 0.25) is 0 Å². The van der Waals surface area contributed by atoms with Crippen LogP contribution in [0.1, 0.15) is 6.42 Å². The number of hydrogen-bond acceptors (Lipinski definition) is 6. The highest BCUT2D eigenvalue weighted by molar-refractivity contribution is 5.89. The van der Waals surface area contributed by atoms with Gasteiger partial charge >= 0.3 is 0 Å². The highest BCUT2D eigenvalue weighted by Crippen LogP contribution is 1.92. The summed E-state index contributed by atoms with van der Waals surface area (Å²) in [6.45, 7) is 2.91. The zero-order valence-electron chi connectivity index (χ0n) is 11.1. The maximum absolute atomic E-state index is 9.73. The number of rotatable bonds is 3. The lowest BCUT2D eigenvalue weighted by Crippen LogP contribution is -2.29. The van der Waals surface area contributed by atoms with Crippen LogP contribution in [0.4, 0.5) is 0 Å². The fourth-order valence-electron chi connectivity index (χ4n) is 0.801. The Labute approximate surface area is 120 Å². The van der Waals surface area contributed by atoms with Crippen molar-refractivity contribution in [1.82, 2.24) is 9.97 Å². The number of aromatic amines is 2. The normalized spacial score (nSPS) is 8.19. The van der Waals surface area contributed by atoms with Gasteiger partial charge in [0.05, 0.1) is 30.8 Å². The average molecular weight is 290 g/mol. The van der Waals surface area contributed by atoms with Crippen LogP contribution in [0.25, 0.3) is 0 Å². The lowest BCUT2D eigenvalue weighted by atomic mass is 10.2. The number of H-pyrrole nitrogens is 2. The van der Waals surface area contributed by atoms with Crippen molar-refractivity contribution in [1.29, 1.82) is 0 Å². The molecule has 0 radical (unpaired) electrons. The van der Waals surface area contributed by atoms with E-state index in [0.29, 0.717) is 0 Å². The summed E-state index contributed by atoms with van der Waals surface area (Å²) in [6, 6.07) is 0. The SMILES string of the molecule is C=C(CC(=O)[O-])C(=O)[O-].c1c[nH+]ccn1.c1c[nH+]ccn1. The van der Waals surface area contributed by atoms with Gasteiger partial charge < -0.3 is 19.8 Å². The summed E-state index contributed by atoms with van der Waals surface area (Å²) in [4.78, 5) is 32.6. The maximum atomic E-state index is 9.73. The first kappa shape index (κ1) is 17.8. The number of hydrogen-bond donors (Lipinski definition) is 0. The van der Waals surface area contributed by atoms with Gasteiger partial charge in [0.15, 0.2) is 24.8 Å². The van der Waals surface area contributed by atoms with Crippen molar-refractivity contribution in [2.45, 2.75) is 6.42 Å². The molecule has 0 amide bonds. The fourth-order valence-corrected chi connectivity index (χ4v) is 0.801. The van der Waals surface area contributed by atoms with Gasteiger partial charge in [0.25, 0.3) is 0 Å². The van der Waals surface area contributed by atoms with Crippen molar-refractivity contribution >= 4 is 11.9 Å². The van der Waals surface area contributed by atoms with Gasteiger partial charge in [0, 0.05) is 12.4 Å². The number of carboxylic acid groups (broad SMARTS) is 2. The van der Waals surface area contributed by atoms with E-state index >= 15 is 0 Å². The second-order valence-corrected chi connectivity index (χ2v) is 3.33. The third-order valence-electron chi connectivity index (χ3n) is 1.67. The van der Waals surface area contributed by atoms with Crippen LogP contribution in [0.3, 0.4) is 0 Å². The molecule has 0 spiro atoms. The second-order valence-electron chi connectivity index (χ2n) is 3.33. The Bertz CT molecular complexity index is 449. The zero-order valence-corrected chi connectivity index (χ0v) is 11.1. The molecule has 0 saturated heterocycles. The number of carboxylic acids is 2. The van der Waals surface area contributed by atoms with E-state index in [4.69, 9.17) is 0 Å². The third-order valence-corrected chi connectivity index (χ3v) is 1.67. The van der Waals surface area contributed by atoms with E-state index in [1.54, 1.807) is 49.6 Å². The summed E-state index contributed by atoms with van der Waals surface area (Å²) in [5, 5.41) is 19.4. The Balaban J connectivity index is 0.000000293. The topological polar surface area (TPSA) is 134 Å². The number of aliphatic carboxylic acids is 2. The number of aromatic nitrogens is 4. The number of carbonyl (C=O) groups is 2. The molecule has 21 heavy (non-hydrogen) atoms. The lowest BCUT2D eigenvalue weighted by molar-refractivity contribution is -0.379. The van der Waals surface area contributed by atoms with E-state index in [1.165, 1.54) is 0 Å². The van der Waals surface area contributed by atoms with Crippen molar-refractivity contribution in [2.75, 3.05) is 0 Å². The van der Waals surface area contributed by atoms with E-state index in [9.17, 15) is 19.8 Å². The summed E-state index contributed by atoms with van der Waals surface area (Å²) in [6.07, 6.45) is 13.2. The molecule has 0 bridgehead atoms. The quantitative estimate of drug-likeness (QED) is 0.561. The largest absolute Gasteiger partial charge is 0.550 e. The van der Waals surface area contributed by atoms with Crippen molar-refractivity contribution in [3.63, 3.8) is 0 Å². The number of nitrogens with zero attached hydrogens (tertiary/aromatic N) is 2. The molecule has 0 aliphatic carbocycles. The molecule has 0 unspecified atom stereocenters. The van der Waals surface area contributed by atoms with Crippen molar-refractivity contribution in [3.05, 3.63) is 61.7 Å². The highest BCUT2D eigenvalue weighted by atomic mass is 16.4. The summed E-state index contributed by atoms with van der Waals surface area (Å²) in [7, 11) is 0. The predicted octanol–water partition coefficient (Wildman–Crippen LogP) is -2.78. The number of carbonyl (C=O) groups excluding carboxylic acids is 2. The molecule has 2 N–H and O–H groups in total. The first-order valence-corrected chi connectivity index (χ1v) is 5.65. The van der Waals surface area contributed by atoms with Gasteiger partial charge in [0.1, 0.15) is 0 Å². The Morgan fingerprint density at radius 2 is 1.29 bits per heavy atom. The summed E-state index contributed by atoms with van der Waals surface area (Å²) >= 11 is 0. The van der Waals surface area contributed by atoms with Gasteiger partial charge in [-0.1, -0.05) is 6.58 Å². The van der Waals surface area contributed by atoms with Gasteiger partial charge in [0.2, 0.25) is 0 Å². The Hall–Kier alpha value is -3.16. The van der Waals surface area contributed by atoms with Gasteiger partial charge in [-0.15, -0.1) is 0 Å². The maximum Gasteiger partial charge on any atom is 0.185 e. The molecule has 2 aromatic rings. The number of nitrogens with one attached hydrogen (secondary N) is 2. The van der Waals surface area contributed by atoms with E-state index in [0.717, 1.165) is 0 Å². The molecule has 2 rings (SSSR count). The van der Waals surface area contributed by atoms with Gasteiger partial charge in [-0.05, 0) is 5.57 Å². The van der Waals surface area contributed by atoms with Gasteiger partial charge in [-0.25, -0.2) is 9.97 Å². The molecule has 110 valence electrons. The molecule has 0 aromatic carbocycles. The van der Waals surface area contributed by atoms with Crippen LogP contribution in [0.15, 0.2) is 61.7 Å². The first-order valence-electron chi connectivity index (χ1n) is 5.65. The molecule has 8 heteroatoms. The Kier molecular flexibility index (Phi) is 10.1. The Morgan fingerprint density at radius 3 is 1.38 bits per heavy atom. The highest BCUT2D eigenvalue weighted by Gasteiger charge is 1.92. The smallest absolute Gasteiger partial charge is 0.185 e. The zero-order chi connectivity index (χ0) is 15.9. The van der Waals surface area contributed by atoms with Crippen LogP contribution in [-0.4, -0.2) is 21.9 Å². The van der Waals surface area contributed by atoms with Crippen LogP contribution in [0.5, 0.6) is 0 Å². The molecule has 8 nitrogen and oxygen atoms in total. The van der Waals surface area contributed by atoms with Gasteiger partial charge in [-0.2, -0.15) is 0 Å². The fraction of sp³-hybridized carbons (Fsp3) is 0.0769. The molecule has 0 aliphatic heterocycles. The summed E-state index contributed by atoms with van der Waals surface area (Å²) in [5.41, 5.74) is -0.477. The standard InChI is InChI=1S/C5H6O4.2C4H4N2/c1-3(5(8)9)2-4(6)7;2*1-2-6-4-3-5-1/h1-2H2,(H,6,7)(H,8,9);2*1-4H. The monoisotopic (exact) mass is 290 g/mol. The molecule has 2 aromatic heterocycles. The minimum Gasteiger partial charge on any atom is -0.550 e. The molecule has 0 saturated carbocycles. The lowest BCUT2D eigenvalue weighted by Gasteiger charge is -2.05. The van der Waals surface area contributed by atoms with E-state index < -0.39 is 23.9 Å². The minimum absolute atomic E-state index is 0.477.